The molecule has 0 bridgehead atoms. The maximum atomic E-state index is 9.09. The van der Waals surface area contributed by atoms with Crippen LogP contribution in [0.4, 0.5) is 0 Å². The molecular weight excluding hydrogens is 342 g/mol. The molecule has 1 heterocycles. The highest BCUT2D eigenvalue weighted by Gasteiger charge is 2.10. The van der Waals surface area contributed by atoms with Gasteiger partial charge in [0.15, 0.2) is 11.5 Å². The zero-order chi connectivity index (χ0) is 17.8. The molecule has 0 unspecified atom stereocenters. The van der Waals surface area contributed by atoms with Crippen molar-refractivity contribution in [3.05, 3.63) is 52.8 Å². The highest BCUT2D eigenvalue weighted by Crippen LogP contribution is 2.33. The summed E-state index contributed by atoms with van der Waals surface area (Å²) in [4.78, 5) is 4.43. The van der Waals surface area contributed by atoms with Crippen molar-refractivity contribution in [2.45, 2.75) is 0 Å². The highest BCUT2D eigenvalue weighted by molar-refractivity contribution is 6.31. The lowest BCUT2D eigenvalue weighted by Gasteiger charge is -2.10. The van der Waals surface area contributed by atoms with E-state index in [0.29, 0.717) is 39.8 Å². The summed E-state index contributed by atoms with van der Waals surface area (Å²) in [7, 11) is 3.18. The lowest BCUT2D eigenvalue weighted by Crippen LogP contribution is -2.06. The molecule has 0 aliphatic rings. The normalized spacial score (nSPS) is 11.8. The quantitative estimate of drug-likeness (QED) is 0.755. The molecule has 2 aromatic carbocycles. The summed E-state index contributed by atoms with van der Waals surface area (Å²) in [6.45, 7) is 0.275. The van der Waals surface area contributed by atoms with E-state index in [4.69, 9.17) is 30.6 Å². The minimum absolute atomic E-state index is 0.0280. The molecule has 0 saturated heterocycles. The Kier molecular flexibility index (Phi) is 5.26. The number of rotatable bonds is 5. The average molecular weight is 360 g/mol. The first kappa shape index (κ1) is 17.3. The first-order chi connectivity index (χ1) is 12.2. The minimum Gasteiger partial charge on any atom is -0.493 e. The number of aliphatic hydroxyl groups excluding tert-OH is 1. The molecule has 0 saturated carbocycles. The lowest BCUT2D eigenvalue weighted by atomic mass is 10.1. The van der Waals surface area contributed by atoms with E-state index in [1.54, 1.807) is 32.4 Å². The summed E-state index contributed by atoms with van der Waals surface area (Å²) in [5.74, 6) is 1.89. The van der Waals surface area contributed by atoms with Crippen LogP contribution in [0.1, 0.15) is 0 Å². The molecule has 1 aromatic heterocycles. The van der Waals surface area contributed by atoms with Gasteiger partial charge in [0.1, 0.15) is 11.3 Å². The van der Waals surface area contributed by atoms with Gasteiger partial charge < -0.3 is 19.0 Å². The van der Waals surface area contributed by atoms with Gasteiger partial charge in [-0.05, 0) is 36.4 Å². The van der Waals surface area contributed by atoms with E-state index in [0.717, 1.165) is 10.9 Å². The van der Waals surface area contributed by atoms with Crippen LogP contribution in [-0.4, -0.2) is 32.5 Å². The molecule has 3 aromatic rings. The maximum absolute atomic E-state index is 9.09. The van der Waals surface area contributed by atoms with Gasteiger partial charge in [0.25, 0.3) is 0 Å². The molecule has 0 spiro atoms. The molecule has 25 heavy (non-hydrogen) atoms. The van der Waals surface area contributed by atoms with Crippen molar-refractivity contribution in [2.75, 3.05) is 27.4 Å². The second kappa shape index (κ2) is 7.59. The standard InChI is InChI=1S/C19H18ClNO4/c1-23-17-5-3-12(9-19(17)24-2)18-11-15(21-7-8-22)14-10-13(20)4-6-16(14)25-18/h3-6,9-11,22H,7-8H2,1-2H3. The van der Waals surface area contributed by atoms with Crippen molar-refractivity contribution in [2.24, 2.45) is 4.99 Å². The van der Waals surface area contributed by atoms with Crippen molar-refractivity contribution in [3.8, 4) is 22.8 Å². The maximum Gasteiger partial charge on any atom is 0.161 e. The Morgan fingerprint density at radius 1 is 1.04 bits per heavy atom. The fourth-order valence-corrected chi connectivity index (χ4v) is 2.75. The fourth-order valence-electron chi connectivity index (χ4n) is 2.57. The number of aliphatic hydroxyl groups is 1. The Labute approximate surface area is 150 Å². The minimum atomic E-state index is -0.0280. The average Bonchev–Trinajstić information content (AvgIpc) is 2.65. The van der Waals surface area contributed by atoms with Gasteiger partial charge in [0.05, 0.1) is 32.7 Å². The number of fused-ring (bicyclic) bond motifs is 1. The molecule has 5 nitrogen and oxygen atoms in total. The molecule has 0 radical (unpaired) electrons. The van der Waals surface area contributed by atoms with Crippen LogP contribution >= 0.6 is 11.6 Å². The van der Waals surface area contributed by atoms with Crippen molar-refractivity contribution in [1.82, 2.24) is 0 Å². The third-order valence-corrected chi connectivity index (χ3v) is 3.99. The Balaban J connectivity index is 2.22. The van der Waals surface area contributed by atoms with Crippen LogP contribution in [0.15, 0.2) is 51.9 Å². The van der Waals surface area contributed by atoms with Gasteiger partial charge >= 0.3 is 0 Å². The van der Waals surface area contributed by atoms with E-state index >= 15 is 0 Å². The highest BCUT2D eigenvalue weighted by atomic mass is 35.5. The zero-order valence-corrected chi connectivity index (χ0v) is 14.7. The van der Waals surface area contributed by atoms with E-state index in [2.05, 4.69) is 4.99 Å². The molecule has 6 heteroatoms. The van der Waals surface area contributed by atoms with Crippen LogP contribution in [0, 0.1) is 0 Å². The smallest absolute Gasteiger partial charge is 0.161 e. The fraction of sp³-hybridized carbons (Fsp3) is 0.211. The third-order valence-electron chi connectivity index (χ3n) is 3.76. The molecule has 1 N–H and O–H groups in total. The van der Waals surface area contributed by atoms with Crippen LogP contribution in [0.3, 0.4) is 0 Å². The number of hydrogen-bond donors (Lipinski definition) is 1. The van der Waals surface area contributed by atoms with Crippen molar-refractivity contribution in [1.29, 1.82) is 0 Å². The van der Waals surface area contributed by atoms with Crippen molar-refractivity contribution >= 4 is 22.6 Å². The Morgan fingerprint density at radius 3 is 2.56 bits per heavy atom. The lowest BCUT2D eigenvalue weighted by molar-refractivity contribution is 0.306. The number of nitrogens with zero attached hydrogens (tertiary/aromatic N) is 1. The predicted octanol–water partition coefficient (Wildman–Crippen LogP) is 3.66. The SMILES string of the molecule is COc1ccc(-c2cc(=NCCO)c3cc(Cl)ccc3o2)cc1OC. The van der Waals surface area contributed by atoms with Crippen molar-refractivity contribution in [3.63, 3.8) is 0 Å². The number of ether oxygens (including phenoxy) is 2. The molecule has 3 rings (SSSR count). The summed E-state index contributed by atoms with van der Waals surface area (Å²) < 4.78 is 16.6. The molecule has 0 fully saturated rings. The van der Waals surface area contributed by atoms with Gasteiger partial charge in [-0.15, -0.1) is 0 Å². The van der Waals surface area contributed by atoms with E-state index in [1.165, 1.54) is 0 Å². The summed E-state index contributed by atoms with van der Waals surface area (Å²) in [5.41, 5.74) is 1.49. The molecule has 130 valence electrons. The van der Waals surface area contributed by atoms with Gasteiger partial charge in [-0.2, -0.15) is 0 Å². The van der Waals surface area contributed by atoms with E-state index < -0.39 is 0 Å². The predicted molar refractivity (Wildman–Crippen MR) is 97.3 cm³/mol. The number of hydrogen-bond acceptors (Lipinski definition) is 5. The van der Waals surface area contributed by atoms with Crippen LogP contribution in [-0.2, 0) is 0 Å². The van der Waals surface area contributed by atoms with E-state index in [9.17, 15) is 0 Å². The third kappa shape index (κ3) is 3.62. The topological polar surface area (TPSA) is 64.2 Å². The van der Waals surface area contributed by atoms with Gasteiger partial charge in [-0.25, -0.2) is 0 Å². The Bertz CT molecular complexity index is 965. The van der Waals surface area contributed by atoms with Gasteiger partial charge in [0, 0.05) is 22.0 Å². The zero-order valence-electron chi connectivity index (χ0n) is 14.0. The molecule has 0 amide bonds. The van der Waals surface area contributed by atoms with Gasteiger partial charge in [-0.3, -0.25) is 4.99 Å². The molecule has 0 atom stereocenters. The molecular formula is C19H18ClNO4. The Hall–Kier alpha value is -2.50. The summed E-state index contributed by atoms with van der Waals surface area (Å²) in [5, 5.41) is 11.2. The number of methoxy groups -OCH3 is 2. The van der Waals surface area contributed by atoms with Gasteiger partial charge in [-0.1, -0.05) is 11.6 Å². The number of benzene rings is 2. The molecule has 0 aliphatic heterocycles. The van der Waals surface area contributed by atoms with Crippen LogP contribution < -0.4 is 14.8 Å². The summed E-state index contributed by atoms with van der Waals surface area (Å²) in [6.07, 6.45) is 0. The second-order valence-electron chi connectivity index (χ2n) is 5.31. The van der Waals surface area contributed by atoms with Crippen LogP contribution in [0.25, 0.3) is 22.3 Å². The monoisotopic (exact) mass is 359 g/mol. The summed E-state index contributed by atoms with van der Waals surface area (Å²) in [6, 6.07) is 12.7. The van der Waals surface area contributed by atoms with E-state index in [1.807, 2.05) is 24.3 Å². The van der Waals surface area contributed by atoms with E-state index in [-0.39, 0.29) is 6.61 Å². The van der Waals surface area contributed by atoms with Crippen molar-refractivity contribution < 1.29 is 19.0 Å². The number of halogens is 1. The van der Waals surface area contributed by atoms with Crippen LogP contribution in [0.5, 0.6) is 11.5 Å². The molecule has 0 aliphatic carbocycles. The largest absolute Gasteiger partial charge is 0.493 e. The second-order valence-corrected chi connectivity index (χ2v) is 5.75. The van der Waals surface area contributed by atoms with Crippen LogP contribution in [0.2, 0.25) is 5.02 Å². The van der Waals surface area contributed by atoms with Gasteiger partial charge in [0.2, 0.25) is 0 Å². The first-order valence-corrected chi connectivity index (χ1v) is 8.11. The Morgan fingerprint density at radius 2 is 1.84 bits per heavy atom. The summed E-state index contributed by atoms with van der Waals surface area (Å²) >= 11 is 6.09. The first-order valence-electron chi connectivity index (χ1n) is 7.73.